The molecule has 0 bridgehead atoms. The number of aliphatic carboxylic acids is 1. The highest BCUT2D eigenvalue weighted by molar-refractivity contribution is 7.12. The summed E-state index contributed by atoms with van der Waals surface area (Å²) in [7, 11) is 0. The molecule has 1 heterocycles. The van der Waals surface area contributed by atoms with Crippen molar-refractivity contribution in [2.75, 3.05) is 6.61 Å². The van der Waals surface area contributed by atoms with Gasteiger partial charge in [-0.3, -0.25) is 9.59 Å². The smallest absolute Gasteiger partial charge is 0.303 e. The Labute approximate surface area is 148 Å². The third-order valence-corrected chi connectivity index (χ3v) is 3.97. The summed E-state index contributed by atoms with van der Waals surface area (Å²) in [4.78, 5) is 23.4. The van der Waals surface area contributed by atoms with Gasteiger partial charge in [-0.25, -0.2) is 5.43 Å². The van der Waals surface area contributed by atoms with Crippen molar-refractivity contribution in [1.29, 1.82) is 5.26 Å². The van der Waals surface area contributed by atoms with Gasteiger partial charge in [-0.2, -0.15) is 10.4 Å². The maximum absolute atomic E-state index is 11.8. The summed E-state index contributed by atoms with van der Waals surface area (Å²) in [6, 6.07) is 12.0. The van der Waals surface area contributed by atoms with Crippen molar-refractivity contribution in [2.45, 2.75) is 12.8 Å². The molecule has 0 aliphatic rings. The summed E-state index contributed by atoms with van der Waals surface area (Å²) in [6.07, 6.45) is 0.140. The van der Waals surface area contributed by atoms with Crippen molar-refractivity contribution in [1.82, 2.24) is 5.43 Å². The van der Waals surface area contributed by atoms with Gasteiger partial charge in [0, 0.05) is 6.42 Å². The van der Waals surface area contributed by atoms with Crippen LogP contribution in [-0.2, 0) is 9.59 Å². The number of carboxylic acid groups (broad SMARTS) is 1. The molecule has 2 N–H and O–H groups in total. The highest BCUT2D eigenvalue weighted by Crippen LogP contribution is 2.14. The van der Waals surface area contributed by atoms with Gasteiger partial charge < -0.3 is 9.84 Å². The van der Waals surface area contributed by atoms with Crippen molar-refractivity contribution in [3.05, 3.63) is 52.2 Å². The largest absolute Gasteiger partial charge is 0.484 e. The molecule has 8 heteroatoms. The van der Waals surface area contributed by atoms with E-state index in [2.05, 4.69) is 10.5 Å². The minimum Gasteiger partial charge on any atom is -0.484 e. The minimum absolute atomic E-state index is 0.0751. The molecule has 0 spiro atoms. The molecule has 1 aromatic heterocycles. The van der Waals surface area contributed by atoms with Gasteiger partial charge in [0.1, 0.15) is 5.75 Å². The van der Waals surface area contributed by atoms with Crippen LogP contribution < -0.4 is 10.2 Å². The summed E-state index contributed by atoms with van der Waals surface area (Å²) >= 11 is 1.42. The predicted octanol–water partition coefficient (Wildman–Crippen LogP) is 2.38. The summed E-state index contributed by atoms with van der Waals surface area (Å²) in [5, 5.41) is 23.4. The number of benzene rings is 1. The number of hydrogen-bond acceptors (Lipinski definition) is 6. The molecule has 0 aliphatic carbocycles. The van der Waals surface area contributed by atoms with E-state index in [0.717, 1.165) is 4.88 Å². The Morgan fingerprint density at radius 1 is 1.24 bits per heavy atom. The van der Waals surface area contributed by atoms with Crippen LogP contribution in [0.2, 0.25) is 0 Å². The number of nitrogens with one attached hydrogen (secondary N) is 1. The second kappa shape index (κ2) is 9.20. The monoisotopic (exact) mass is 357 g/mol. The molecule has 2 rings (SSSR count). The molecule has 0 radical (unpaired) electrons. The van der Waals surface area contributed by atoms with Crippen LogP contribution in [0.25, 0.3) is 0 Å². The fourth-order valence-electron chi connectivity index (χ4n) is 1.84. The first-order valence-corrected chi connectivity index (χ1v) is 8.20. The van der Waals surface area contributed by atoms with Crippen LogP contribution in [-0.4, -0.2) is 29.3 Å². The standard InChI is InChI=1S/C17H15N3O4S/c18-10-12-3-5-13(6-4-12)24-11-16(21)20-19-14(7-8-17(22)23)15-2-1-9-25-15/h1-6,9H,7-8,11H2,(H,20,21)(H,22,23)/b19-14+. The SMILES string of the molecule is N#Cc1ccc(OCC(=O)N/N=C(\CCC(=O)O)c2cccs2)cc1. The van der Waals surface area contributed by atoms with E-state index < -0.39 is 11.9 Å². The number of hydrazone groups is 1. The molecular formula is C17H15N3O4S. The van der Waals surface area contributed by atoms with Crippen molar-refractivity contribution >= 4 is 28.9 Å². The zero-order valence-corrected chi connectivity index (χ0v) is 14.0. The highest BCUT2D eigenvalue weighted by Gasteiger charge is 2.09. The van der Waals surface area contributed by atoms with Crippen LogP contribution in [0.3, 0.4) is 0 Å². The molecule has 0 saturated heterocycles. The number of hydrogen-bond donors (Lipinski definition) is 2. The molecule has 0 aliphatic heterocycles. The van der Waals surface area contributed by atoms with Crippen LogP contribution in [0.1, 0.15) is 23.3 Å². The number of rotatable bonds is 8. The molecule has 0 atom stereocenters. The zero-order chi connectivity index (χ0) is 18.1. The fraction of sp³-hybridized carbons (Fsp3) is 0.176. The lowest BCUT2D eigenvalue weighted by Crippen LogP contribution is -2.26. The number of nitriles is 1. The van der Waals surface area contributed by atoms with Crippen LogP contribution in [0.4, 0.5) is 0 Å². The number of ether oxygens (including phenoxy) is 1. The van der Waals surface area contributed by atoms with Gasteiger partial charge in [-0.05, 0) is 35.7 Å². The summed E-state index contributed by atoms with van der Waals surface area (Å²) in [5.74, 6) is -0.934. The molecule has 0 fully saturated rings. The molecule has 128 valence electrons. The zero-order valence-electron chi connectivity index (χ0n) is 13.1. The van der Waals surface area contributed by atoms with E-state index in [-0.39, 0.29) is 19.4 Å². The van der Waals surface area contributed by atoms with Crippen molar-refractivity contribution in [2.24, 2.45) is 5.10 Å². The Balaban J connectivity index is 1.91. The fourth-order valence-corrected chi connectivity index (χ4v) is 2.58. The molecule has 1 amide bonds. The van der Waals surface area contributed by atoms with Crippen LogP contribution in [0.15, 0.2) is 46.9 Å². The molecular weight excluding hydrogens is 342 g/mol. The number of carbonyl (C=O) groups is 2. The lowest BCUT2D eigenvalue weighted by atomic mass is 10.2. The Morgan fingerprint density at radius 3 is 2.60 bits per heavy atom. The number of nitrogens with zero attached hydrogens (tertiary/aromatic N) is 2. The van der Waals surface area contributed by atoms with E-state index in [1.165, 1.54) is 11.3 Å². The Hall–Kier alpha value is -3.18. The molecule has 0 saturated carbocycles. The average molecular weight is 357 g/mol. The molecule has 2 aromatic rings. The third-order valence-electron chi connectivity index (χ3n) is 3.05. The van der Waals surface area contributed by atoms with E-state index in [1.807, 2.05) is 23.6 Å². The second-order valence-corrected chi connectivity index (χ2v) is 5.84. The lowest BCUT2D eigenvalue weighted by molar-refractivity contribution is -0.136. The Bertz CT molecular complexity index is 792. The first kappa shape index (κ1) is 18.2. The first-order chi connectivity index (χ1) is 12.1. The number of carboxylic acids is 1. The van der Waals surface area contributed by atoms with Gasteiger partial charge in [-0.1, -0.05) is 6.07 Å². The van der Waals surface area contributed by atoms with Gasteiger partial charge in [0.2, 0.25) is 0 Å². The topological polar surface area (TPSA) is 112 Å². The third kappa shape index (κ3) is 6.08. The predicted molar refractivity (Wildman–Crippen MR) is 92.5 cm³/mol. The van der Waals surface area contributed by atoms with E-state index >= 15 is 0 Å². The van der Waals surface area contributed by atoms with Crippen LogP contribution >= 0.6 is 11.3 Å². The number of carbonyl (C=O) groups excluding carboxylic acids is 1. The molecule has 7 nitrogen and oxygen atoms in total. The summed E-state index contributed by atoms with van der Waals surface area (Å²) in [5.41, 5.74) is 3.38. The van der Waals surface area contributed by atoms with Crippen molar-refractivity contribution < 1.29 is 19.4 Å². The van der Waals surface area contributed by atoms with E-state index in [1.54, 1.807) is 24.3 Å². The number of thiophene rings is 1. The Morgan fingerprint density at radius 2 is 2.00 bits per heavy atom. The maximum Gasteiger partial charge on any atom is 0.303 e. The van der Waals surface area contributed by atoms with Gasteiger partial charge in [-0.15, -0.1) is 11.3 Å². The van der Waals surface area contributed by atoms with Gasteiger partial charge in [0.15, 0.2) is 6.61 Å². The average Bonchev–Trinajstić information content (AvgIpc) is 3.14. The van der Waals surface area contributed by atoms with Crippen LogP contribution in [0, 0.1) is 11.3 Å². The van der Waals surface area contributed by atoms with Gasteiger partial charge >= 0.3 is 5.97 Å². The van der Waals surface area contributed by atoms with E-state index in [4.69, 9.17) is 15.1 Å². The van der Waals surface area contributed by atoms with Crippen LogP contribution in [0.5, 0.6) is 5.75 Å². The minimum atomic E-state index is -0.931. The van der Waals surface area contributed by atoms with E-state index in [0.29, 0.717) is 17.0 Å². The first-order valence-electron chi connectivity index (χ1n) is 7.32. The molecule has 1 aromatic carbocycles. The summed E-state index contributed by atoms with van der Waals surface area (Å²) < 4.78 is 5.31. The summed E-state index contributed by atoms with van der Waals surface area (Å²) in [6.45, 7) is -0.244. The molecule has 25 heavy (non-hydrogen) atoms. The maximum atomic E-state index is 11.8. The van der Waals surface area contributed by atoms with Gasteiger partial charge in [0.05, 0.1) is 28.6 Å². The molecule has 0 unspecified atom stereocenters. The quantitative estimate of drug-likeness (QED) is 0.556. The van der Waals surface area contributed by atoms with Crippen molar-refractivity contribution in [3.8, 4) is 11.8 Å². The van der Waals surface area contributed by atoms with Gasteiger partial charge in [0.25, 0.3) is 5.91 Å². The lowest BCUT2D eigenvalue weighted by Gasteiger charge is -2.06. The highest BCUT2D eigenvalue weighted by atomic mass is 32.1. The second-order valence-electron chi connectivity index (χ2n) is 4.89. The number of amides is 1. The normalized spacial score (nSPS) is 10.8. The van der Waals surface area contributed by atoms with Crippen molar-refractivity contribution in [3.63, 3.8) is 0 Å². The van der Waals surface area contributed by atoms with E-state index in [9.17, 15) is 9.59 Å². The Kier molecular flexibility index (Phi) is 6.68.